The third-order valence-electron chi connectivity index (χ3n) is 4.27. The highest BCUT2D eigenvalue weighted by atomic mass is 16.5. The number of hydrogen-bond acceptors (Lipinski definition) is 3. The van der Waals surface area contributed by atoms with Crippen molar-refractivity contribution >= 4 is 0 Å². The minimum Gasteiger partial charge on any atom is -0.375 e. The van der Waals surface area contributed by atoms with Gasteiger partial charge in [0.15, 0.2) is 0 Å². The van der Waals surface area contributed by atoms with Crippen LogP contribution in [-0.2, 0) is 11.3 Å². The number of rotatable bonds is 5. The quantitative estimate of drug-likeness (QED) is 0.845. The van der Waals surface area contributed by atoms with E-state index >= 15 is 0 Å². The summed E-state index contributed by atoms with van der Waals surface area (Å²) in [4.78, 5) is 7.45. The summed E-state index contributed by atoms with van der Waals surface area (Å²) < 4.78 is 5.99. The Labute approximate surface area is 110 Å². The maximum Gasteiger partial charge on any atom is 0.0925 e. The van der Waals surface area contributed by atoms with Crippen molar-refractivity contribution in [3.63, 3.8) is 0 Å². The highest BCUT2D eigenvalue weighted by Gasteiger charge is 2.34. The van der Waals surface area contributed by atoms with Crippen LogP contribution in [0.5, 0.6) is 0 Å². The van der Waals surface area contributed by atoms with Crippen molar-refractivity contribution in [1.29, 1.82) is 0 Å². The van der Waals surface area contributed by atoms with Crippen LogP contribution in [0.25, 0.3) is 0 Å². The maximum absolute atomic E-state index is 5.99. The minimum absolute atomic E-state index is 0.0938. The summed E-state index contributed by atoms with van der Waals surface area (Å²) in [6.45, 7) is 8.24. The van der Waals surface area contributed by atoms with Gasteiger partial charge in [0.25, 0.3) is 0 Å². The number of H-pyrrole nitrogens is 1. The molecule has 1 unspecified atom stereocenters. The van der Waals surface area contributed by atoms with E-state index in [0.29, 0.717) is 6.04 Å². The molecule has 4 heteroatoms. The molecule has 0 aromatic carbocycles. The molecule has 1 aromatic rings. The van der Waals surface area contributed by atoms with Crippen molar-refractivity contribution in [3.8, 4) is 0 Å². The molecule has 1 fully saturated rings. The lowest BCUT2D eigenvalue weighted by Crippen LogP contribution is -2.46. The van der Waals surface area contributed by atoms with Crippen molar-refractivity contribution in [2.45, 2.75) is 64.6 Å². The summed E-state index contributed by atoms with van der Waals surface area (Å²) in [5, 5.41) is 3.63. The fourth-order valence-electron chi connectivity index (χ4n) is 2.75. The van der Waals surface area contributed by atoms with Gasteiger partial charge in [-0.15, -0.1) is 0 Å². The van der Waals surface area contributed by atoms with E-state index in [1.807, 2.05) is 0 Å². The summed E-state index contributed by atoms with van der Waals surface area (Å²) in [7, 11) is 0. The van der Waals surface area contributed by atoms with Crippen LogP contribution in [0.1, 0.15) is 50.9 Å². The zero-order chi connectivity index (χ0) is 13.0. The van der Waals surface area contributed by atoms with Crippen LogP contribution in [0.2, 0.25) is 0 Å². The fraction of sp³-hybridized carbons (Fsp3) is 0.786. The van der Waals surface area contributed by atoms with E-state index < -0.39 is 0 Å². The molecule has 1 aliphatic rings. The van der Waals surface area contributed by atoms with Crippen LogP contribution in [0.3, 0.4) is 0 Å². The average molecular weight is 251 g/mol. The van der Waals surface area contributed by atoms with Gasteiger partial charge in [-0.1, -0.05) is 13.8 Å². The first-order chi connectivity index (χ1) is 8.69. The van der Waals surface area contributed by atoms with Gasteiger partial charge in [-0.2, -0.15) is 0 Å². The molecule has 18 heavy (non-hydrogen) atoms. The summed E-state index contributed by atoms with van der Waals surface area (Å²) >= 11 is 0. The Kier molecular flexibility index (Phi) is 4.40. The molecule has 1 aromatic heterocycles. The fourth-order valence-corrected chi connectivity index (χ4v) is 2.75. The van der Waals surface area contributed by atoms with Crippen molar-refractivity contribution in [1.82, 2.24) is 15.3 Å². The van der Waals surface area contributed by atoms with Crippen LogP contribution >= 0.6 is 0 Å². The molecular formula is C14H25N3O. The molecule has 1 saturated heterocycles. The second-order valence-corrected chi connectivity index (χ2v) is 5.28. The van der Waals surface area contributed by atoms with Crippen LogP contribution in [0.15, 0.2) is 6.33 Å². The van der Waals surface area contributed by atoms with Crippen LogP contribution < -0.4 is 5.32 Å². The van der Waals surface area contributed by atoms with Gasteiger partial charge in [-0.25, -0.2) is 4.98 Å². The Hall–Kier alpha value is -0.870. The van der Waals surface area contributed by atoms with Gasteiger partial charge >= 0.3 is 0 Å². The number of aryl methyl sites for hydroxylation is 1. The lowest BCUT2D eigenvalue weighted by Gasteiger charge is -2.40. The van der Waals surface area contributed by atoms with Crippen LogP contribution in [0, 0.1) is 6.92 Å². The van der Waals surface area contributed by atoms with Gasteiger partial charge in [-0.3, -0.25) is 0 Å². The topological polar surface area (TPSA) is 49.9 Å². The molecule has 1 atom stereocenters. The predicted octanol–water partition coefficient (Wildman–Crippen LogP) is 2.55. The zero-order valence-electron chi connectivity index (χ0n) is 11.8. The Bertz CT molecular complexity index is 371. The van der Waals surface area contributed by atoms with Crippen molar-refractivity contribution in [2.75, 3.05) is 6.61 Å². The van der Waals surface area contributed by atoms with E-state index in [0.717, 1.165) is 50.2 Å². The summed E-state index contributed by atoms with van der Waals surface area (Å²) in [6.07, 6.45) is 6.18. The molecule has 102 valence electrons. The highest BCUT2D eigenvalue weighted by molar-refractivity contribution is 5.08. The number of nitrogens with zero attached hydrogens (tertiary/aromatic N) is 1. The summed E-state index contributed by atoms with van der Waals surface area (Å²) in [5.41, 5.74) is 2.38. The molecule has 2 heterocycles. The molecule has 0 spiro atoms. The first-order valence-electron chi connectivity index (χ1n) is 7.05. The van der Waals surface area contributed by atoms with Gasteiger partial charge in [0, 0.05) is 24.9 Å². The second kappa shape index (κ2) is 5.85. The molecule has 2 rings (SSSR count). The Balaban J connectivity index is 1.88. The average Bonchev–Trinajstić information content (AvgIpc) is 2.82. The number of ether oxygens (including phenoxy) is 1. The van der Waals surface area contributed by atoms with E-state index in [1.165, 1.54) is 0 Å². The SMILES string of the molecule is CCC1(CC)CC(NCc2nc[nH]c2C)CCO1. The van der Waals surface area contributed by atoms with Gasteiger partial charge in [0.1, 0.15) is 0 Å². The van der Waals surface area contributed by atoms with Crippen LogP contribution in [0.4, 0.5) is 0 Å². The van der Waals surface area contributed by atoms with Gasteiger partial charge in [0.2, 0.25) is 0 Å². The Morgan fingerprint density at radius 2 is 2.28 bits per heavy atom. The van der Waals surface area contributed by atoms with E-state index in [1.54, 1.807) is 6.33 Å². The van der Waals surface area contributed by atoms with Crippen molar-refractivity contribution in [2.24, 2.45) is 0 Å². The Morgan fingerprint density at radius 1 is 1.50 bits per heavy atom. The standard InChI is InChI=1S/C14H25N3O/c1-4-14(5-2)8-12(6-7-18-14)15-9-13-11(3)16-10-17-13/h10,12,15H,4-9H2,1-3H3,(H,16,17). The number of hydrogen-bond donors (Lipinski definition) is 2. The lowest BCUT2D eigenvalue weighted by atomic mass is 9.86. The van der Waals surface area contributed by atoms with Crippen molar-refractivity contribution in [3.05, 3.63) is 17.7 Å². The molecule has 2 N–H and O–H groups in total. The first kappa shape index (κ1) is 13.6. The monoisotopic (exact) mass is 251 g/mol. The molecule has 0 saturated carbocycles. The second-order valence-electron chi connectivity index (χ2n) is 5.28. The van der Waals surface area contributed by atoms with Gasteiger partial charge < -0.3 is 15.0 Å². The summed E-state index contributed by atoms with van der Waals surface area (Å²) in [6, 6.07) is 0.551. The summed E-state index contributed by atoms with van der Waals surface area (Å²) in [5.74, 6) is 0. The molecule has 0 bridgehead atoms. The lowest BCUT2D eigenvalue weighted by molar-refractivity contribution is -0.0932. The molecule has 0 aliphatic carbocycles. The first-order valence-corrected chi connectivity index (χ1v) is 7.05. The van der Waals surface area contributed by atoms with E-state index in [2.05, 4.69) is 36.1 Å². The number of aromatic amines is 1. The predicted molar refractivity (Wildman–Crippen MR) is 72.5 cm³/mol. The molecular weight excluding hydrogens is 226 g/mol. The minimum atomic E-state index is 0.0938. The Morgan fingerprint density at radius 3 is 2.89 bits per heavy atom. The smallest absolute Gasteiger partial charge is 0.0925 e. The van der Waals surface area contributed by atoms with E-state index in [-0.39, 0.29) is 5.60 Å². The molecule has 4 nitrogen and oxygen atoms in total. The molecule has 1 aliphatic heterocycles. The number of aromatic nitrogens is 2. The normalized spacial score (nSPS) is 23.2. The van der Waals surface area contributed by atoms with Crippen molar-refractivity contribution < 1.29 is 4.74 Å². The molecule has 0 radical (unpaired) electrons. The van der Waals surface area contributed by atoms with Gasteiger partial charge in [-0.05, 0) is 32.6 Å². The number of imidazole rings is 1. The highest BCUT2D eigenvalue weighted by Crippen LogP contribution is 2.31. The third-order valence-corrected chi connectivity index (χ3v) is 4.27. The van der Waals surface area contributed by atoms with Crippen LogP contribution in [-0.4, -0.2) is 28.2 Å². The molecule has 0 amide bonds. The van der Waals surface area contributed by atoms with E-state index in [9.17, 15) is 0 Å². The number of nitrogens with one attached hydrogen (secondary N) is 2. The van der Waals surface area contributed by atoms with Gasteiger partial charge in [0.05, 0.1) is 17.6 Å². The van der Waals surface area contributed by atoms with E-state index in [4.69, 9.17) is 4.74 Å². The zero-order valence-corrected chi connectivity index (χ0v) is 11.8. The third kappa shape index (κ3) is 2.93. The largest absolute Gasteiger partial charge is 0.375 e. The maximum atomic E-state index is 5.99.